The maximum Gasteiger partial charge on any atom is 0.313 e. The lowest BCUT2D eigenvalue weighted by atomic mass is 9.93. The average Bonchev–Trinajstić information content (AvgIpc) is 2.81. The van der Waals surface area contributed by atoms with Crippen LogP contribution in [0.25, 0.3) is 5.82 Å². The zero-order chi connectivity index (χ0) is 14.8. The summed E-state index contributed by atoms with van der Waals surface area (Å²) in [5.74, 6) is -0.301. The van der Waals surface area contributed by atoms with Gasteiger partial charge in [-0.3, -0.25) is 9.78 Å². The molecule has 6 nitrogen and oxygen atoms in total. The Morgan fingerprint density at radius 1 is 1.40 bits per heavy atom. The monoisotopic (exact) mass is 292 g/mol. The summed E-state index contributed by atoms with van der Waals surface area (Å²) in [5, 5.41) is 14.1. The predicted octanol–water partition coefficient (Wildman–Crippen LogP) is 2.14. The van der Waals surface area contributed by atoms with E-state index >= 15 is 0 Å². The number of carboxylic acids is 1. The van der Waals surface area contributed by atoms with Gasteiger partial charge in [0.1, 0.15) is 5.03 Å². The van der Waals surface area contributed by atoms with Crippen molar-refractivity contribution in [2.45, 2.75) is 31.2 Å². The van der Waals surface area contributed by atoms with Crippen molar-refractivity contribution in [1.82, 2.24) is 19.7 Å². The Kier molecular flexibility index (Phi) is 4.08. The van der Waals surface area contributed by atoms with Crippen LogP contribution in [0.3, 0.4) is 0 Å². The van der Waals surface area contributed by atoms with Crippen LogP contribution in [0.5, 0.6) is 0 Å². The molecule has 0 aliphatic carbocycles. The van der Waals surface area contributed by atoms with E-state index in [1.165, 1.54) is 11.8 Å². The van der Waals surface area contributed by atoms with Gasteiger partial charge in [0.05, 0.1) is 17.6 Å². The lowest BCUT2D eigenvalue weighted by Crippen LogP contribution is -2.13. The first-order chi connectivity index (χ1) is 9.38. The summed E-state index contributed by atoms with van der Waals surface area (Å²) in [6, 6.07) is 1.91. The molecule has 2 aromatic rings. The number of hydrogen-bond donors (Lipinski definition) is 1. The Morgan fingerprint density at radius 2 is 2.15 bits per heavy atom. The largest absolute Gasteiger partial charge is 0.481 e. The van der Waals surface area contributed by atoms with Crippen LogP contribution in [0.2, 0.25) is 0 Å². The Bertz CT molecular complexity index is 605. The number of carbonyl (C=O) groups is 1. The molecule has 7 heteroatoms. The maximum absolute atomic E-state index is 10.7. The van der Waals surface area contributed by atoms with Gasteiger partial charge in [0.15, 0.2) is 5.82 Å². The van der Waals surface area contributed by atoms with E-state index in [9.17, 15) is 4.79 Å². The van der Waals surface area contributed by atoms with Gasteiger partial charge in [-0.05, 0) is 6.07 Å². The topological polar surface area (TPSA) is 80.9 Å². The number of aromatic nitrogens is 4. The summed E-state index contributed by atoms with van der Waals surface area (Å²) in [4.78, 5) is 19.0. The summed E-state index contributed by atoms with van der Waals surface area (Å²) in [5.41, 5.74) is 0.766. The second kappa shape index (κ2) is 5.62. The van der Waals surface area contributed by atoms with Crippen molar-refractivity contribution < 1.29 is 9.90 Å². The van der Waals surface area contributed by atoms with Crippen molar-refractivity contribution in [2.24, 2.45) is 0 Å². The highest BCUT2D eigenvalue weighted by molar-refractivity contribution is 7.99. The molecule has 0 aliphatic rings. The van der Waals surface area contributed by atoms with Gasteiger partial charge < -0.3 is 5.11 Å². The first-order valence-electron chi connectivity index (χ1n) is 6.09. The number of carboxylic acid groups (broad SMARTS) is 1. The van der Waals surface area contributed by atoms with Gasteiger partial charge >= 0.3 is 5.97 Å². The zero-order valence-electron chi connectivity index (χ0n) is 11.6. The summed E-state index contributed by atoms with van der Waals surface area (Å²) < 4.78 is 1.64. The molecule has 0 amide bonds. The molecule has 0 radical (unpaired) electrons. The van der Waals surface area contributed by atoms with Crippen molar-refractivity contribution in [3.05, 3.63) is 30.4 Å². The van der Waals surface area contributed by atoms with E-state index in [-0.39, 0.29) is 11.2 Å². The SMILES string of the molecule is CC(C)(C)c1cc(SCC(=O)O)n(-c2cnccn2)n1. The molecule has 2 aromatic heterocycles. The molecule has 0 saturated carbocycles. The molecule has 0 bridgehead atoms. The third-order valence-corrected chi connectivity index (χ3v) is 3.53. The first kappa shape index (κ1) is 14.5. The van der Waals surface area contributed by atoms with Crippen molar-refractivity contribution in [1.29, 1.82) is 0 Å². The molecular weight excluding hydrogens is 276 g/mol. The summed E-state index contributed by atoms with van der Waals surface area (Å²) in [6.07, 6.45) is 4.77. The molecule has 0 atom stereocenters. The van der Waals surface area contributed by atoms with Crippen LogP contribution in [0.15, 0.2) is 29.7 Å². The fraction of sp³-hybridized carbons (Fsp3) is 0.385. The van der Waals surface area contributed by atoms with Crippen LogP contribution < -0.4 is 0 Å². The summed E-state index contributed by atoms with van der Waals surface area (Å²) in [7, 11) is 0. The lowest BCUT2D eigenvalue weighted by Gasteiger charge is -2.13. The lowest BCUT2D eigenvalue weighted by molar-refractivity contribution is -0.133. The minimum atomic E-state index is -0.862. The van der Waals surface area contributed by atoms with E-state index in [0.29, 0.717) is 5.82 Å². The zero-order valence-corrected chi connectivity index (χ0v) is 12.4. The molecule has 0 unspecified atom stereocenters. The summed E-state index contributed by atoms with van der Waals surface area (Å²) >= 11 is 1.22. The molecule has 0 spiro atoms. The standard InChI is InChI=1S/C13H16N4O2S/c1-13(2,3)9-6-11(20-8-12(18)19)17(16-9)10-7-14-4-5-15-10/h4-7H,8H2,1-3H3,(H,18,19). The predicted molar refractivity (Wildman–Crippen MR) is 76.2 cm³/mol. The Hall–Kier alpha value is -1.89. The van der Waals surface area contributed by atoms with Crippen molar-refractivity contribution in [2.75, 3.05) is 5.75 Å². The minimum Gasteiger partial charge on any atom is -0.481 e. The highest BCUT2D eigenvalue weighted by atomic mass is 32.2. The molecule has 0 aromatic carbocycles. The third kappa shape index (κ3) is 3.36. The Labute approximate surface area is 121 Å². The van der Waals surface area contributed by atoms with Gasteiger partial charge in [-0.1, -0.05) is 32.5 Å². The van der Waals surface area contributed by atoms with Crippen LogP contribution in [0.4, 0.5) is 0 Å². The molecule has 20 heavy (non-hydrogen) atoms. The van der Waals surface area contributed by atoms with E-state index in [4.69, 9.17) is 5.11 Å². The van der Waals surface area contributed by atoms with E-state index in [1.807, 2.05) is 6.07 Å². The van der Waals surface area contributed by atoms with Gasteiger partial charge in [0.2, 0.25) is 0 Å². The normalized spacial score (nSPS) is 11.6. The van der Waals surface area contributed by atoms with Gasteiger partial charge in [-0.25, -0.2) is 9.67 Å². The van der Waals surface area contributed by atoms with Crippen molar-refractivity contribution in [3.8, 4) is 5.82 Å². The highest BCUT2D eigenvalue weighted by Gasteiger charge is 2.21. The number of hydrogen-bond acceptors (Lipinski definition) is 5. The van der Waals surface area contributed by atoms with Gasteiger partial charge in [0.25, 0.3) is 0 Å². The molecule has 0 aliphatic heterocycles. The second-order valence-corrected chi connectivity index (χ2v) is 6.27. The highest BCUT2D eigenvalue weighted by Crippen LogP contribution is 2.28. The van der Waals surface area contributed by atoms with Crippen molar-refractivity contribution in [3.63, 3.8) is 0 Å². The quantitative estimate of drug-likeness (QED) is 0.869. The molecule has 2 heterocycles. The van der Waals surface area contributed by atoms with Crippen LogP contribution in [-0.4, -0.2) is 36.6 Å². The molecule has 0 saturated heterocycles. The van der Waals surface area contributed by atoms with Crippen LogP contribution in [0, 0.1) is 0 Å². The van der Waals surface area contributed by atoms with Gasteiger partial charge in [0, 0.05) is 17.8 Å². The minimum absolute atomic E-state index is 0.0183. The number of aliphatic carboxylic acids is 1. The smallest absolute Gasteiger partial charge is 0.313 e. The molecular formula is C13H16N4O2S. The fourth-order valence-electron chi connectivity index (χ4n) is 1.53. The Balaban J connectivity index is 2.42. The van der Waals surface area contributed by atoms with Crippen LogP contribution >= 0.6 is 11.8 Å². The third-order valence-electron chi connectivity index (χ3n) is 2.56. The van der Waals surface area contributed by atoms with E-state index in [0.717, 1.165) is 10.7 Å². The second-order valence-electron chi connectivity index (χ2n) is 5.28. The Morgan fingerprint density at radius 3 is 2.70 bits per heavy atom. The molecule has 2 rings (SSSR count). The van der Waals surface area contributed by atoms with E-state index in [1.54, 1.807) is 23.3 Å². The number of nitrogens with zero attached hydrogens (tertiary/aromatic N) is 4. The molecule has 0 fully saturated rings. The van der Waals surface area contributed by atoms with E-state index < -0.39 is 5.97 Å². The van der Waals surface area contributed by atoms with Gasteiger partial charge in [-0.15, -0.1) is 0 Å². The number of rotatable bonds is 4. The average molecular weight is 292 g/mol. The molecule has 1 N–H and O–H groups in total. The molecule has 106 valence electrons. The van der Waals surface area contributed by atoms with Crippen molar-refractivity contribution >= 4 is 17.7 Å². The maximum atomic E-state index is 10.7. The fourth-order valence-corrected chi connectivity index (χ4v) is 2.26. The van der Waals surface area contributed by atoms with E-state index in [2.05, 4.69) is 35.8 Å². The van der Waals surface area contributed by atoms with Crippen LogP contribution in [-0.2, 0) is 10.2 Å². The number of thioether (sulfide) groups is 1. The summed E-state index contributed by atoms with van der Waals surface area (Å²) in [6.45, 7) is 6.17. The van der Waals surface area contributed by atoms with Crippen LogP contribution in [0.1, 0.15) is 26.5 Å². The van der Waals surface area contributed by atoms with Gasteiger partial charge in [-0.2, -0.15) is 5.10 Å². The first-order valence-corrected chi connectivity index (χ1v) is 7.08.